The molecule has 1 heterocycles. The second-order valence-electron chi connectivity index (χ2n) is 4.44. The van der Waals surface area contributed by atoms with Crippen LogP contribution in [0.4, 0.5) is 0 Å². The van der Waals surface area contributed by atoms with E-state index in [9.17, 15) is 0 Å². The van der Waals surface area contributed by atoms with Crippen molar-refractivity contribution in [1.82, 2.24) is 10.2 Å². The molecule has 1 aromatic heterocycles. The van der Waals surface area contributed by atoms with Gasteiger partial charge in [0.1, 0.15) is 0 Å². The lowest BCUT2D eigenvalue weighted by atomic mass is 10.0. The highest BCUT2D eigenvalue weighted by Gasteiger charge is 2.09. The van der Waals surface area contributed by atoms with Gasteiger partial charge < -0.3 is 0 Å². The molecule has 0 aliphatic carbocycles. The van der Waals surface area contributed by atoms with E-state index in [0.29, 0.717) is 21.6 Å². The van der Waals surface area contributed by atoms with Gasteiger partial charge in [-0.1, -0.05) is 59.1 Å². The van der Waals surface area contributed by atoms with Crippen LogP contribution in [-0.2, 0) is 6.42 Å². The zero-order valence-electron chi connectivity index (χ0n) is 10.3. The highest BCUT2D eigenvalue weighted by Crippen LogP contribution is 2.26. The first-order chi connectivity index (χ1) is 9.63. The molecular formula is C15H9Cl3N2. The standard InChI is InChI=1S/C15H9Cl3N2/c16-10-5-9(6-11(17)8-10)7-14-12-3-1-2-4-13(12)15(18)20-19-14/h1-6,8H,7H2. The number of fused-ring (bicyclic) bond motifs is 1. The third-order valence-corrected chi connectivity index (χ3v) is 3.73. The van der Waals surface area contributed by atoms with Gasteiger partial charge in [0.05, 0.1) is 5.69 Å². The van der Waals surface area contributed by atoms with Gasteiger partial charge in [0, 0.05) is 27.2 Å². The Morgan fingerprint density at radius 1 is 0.800 bits per heavy atom. The van der Waals surface area contributed by atoms with Crippen molar-refractivity contribution in [2.45, 2.75) is 6.42 Å². The normalized spacial score (nSPS) is 10.9. The molecule has 3 aromatic rings. The van der Waals surface area contributed by atoms with E-state index in [1.165, 1.54) is 0 Å². The number of rotatable bonds is 2. The predicted octanol–water partition coefficient (Wildman–Crippen LogP) is 5.18. The maximum absolute atomic E-state index is 6.07. The lowest BCUT2D eigenvalue weighted by molar-refractivity contribution is 0.959. The molecule has 2 nitrogen and oxygen atoms in total. The van der Waals surface area contributed by atoms with E-state index in [0.717, 1.165) is 22.0 Å². The Hall–Kier alpha value is -1.35. The molecule has 0 N–H and O–H groups in total. The number of benzene rings is 2. The first kappa shape index (κ1) is 13.6. The van der Waals surface area contributed by atoms with E-state index >= 15 is 0 Å². The molecule has 0 spiro atoms. The van der Waals surface area contributed by atoms with E-state index in [2.05, 4.69) is 10.2 Å². The molecule has 5 heteroatoms. The van der Waals surface area contributed by atoms with Crippen LogP contribution in [0.5, 0.6) is 0 Å². The average Bonchev–Trinajstić information content (AvgIpc) is 2.41. The van der Waals surface area contributed by atoms with Gasteiger partial charge in [-0.15, -0.1) is 5.10 Å². The zero-order chi connectivity index (χ0) is 14.1. The summed E-state index contributed by atoms with van der Waals surface area (Å²) in [6.07, 6.45) is 0.602. The molecule has 0 saturated heterocycles. The van der Waals surface area contributed by atoms with E-state index < -0.39 is 0 Å². The summed E-state index contributed by atoms with van der Waals surface area (Å²) in [4.78, 5) is 0. The monoisotopic (exact) mass is 322 g/mol. The SMILES string of the molecule is Clc1cc(Cl)cc(Cc2nnc(Cl)c3ccccc23)c1. The first-order valence-corrected chi connectivity index (χ1v) is 7.11. The molecule has 0 aliphatic rings. The third-order valence-electron chi connectivity index (χ3n) is 3.01. The summed E-state index contributed by atoms with van der Waals surface area (Å²) in [5.41, 5.74) is 1.84. The van der Waals surface area contributed by atoms with Crippen LogP contribution in [0.25, 0.3) is 10.8 Å². The van der Waals surface area contributed by atoms with Crippen LogP contribution >= 0.6 is 34.8 Å². The summed E-state index contributed by atoms with van der Waals surface area (Å²) in [6, 6.07) is 13.2. The van der Waals surface area contributed by atoms with Crippen molar-refractivity contribution >= 4 is 45.6 Å². The minimum absolute atomic E-state index is 0.411. The summed E-state index contributed by atoms with van der Waals surface area (Å²) in [5, 5.41) is 11.7. The summed E-state index contributed by atoms with van der Waals surface area (Å²) in [5.74, 6) is 0. The Labute approximate surface area is 131 Å². The minimum atomic E-state index is 0.411. The molecule has 0 amide bonds. The van der Waals surface area contributed by atoms with Crippen LogP contribution in [0.1, 0.15) is 11.3 Å². The molecule has 0 radical (unpaired) electrons. The van der Waals surface area contributed by atoms with Crippen molar-refractivity contribution in [2.24, 2.45) is 0 Å². The minimum Gasteiger partial charge on any atom is -0.153 e. The van der Waals surface area contributed by atoms with Gasteiger partial charge >= 0.3 is 0 Å². The molecule has 0 saturated carbocycles. The number of hydrogen-bond donors (Lipinski definition) is 0. The Bertz CT molecular complexity index is 767. The zero-order valence-corrected chi connectivity index (χ0v) is 12.5. The molecule has 2 aromatic carbocycles. The van der Waals surface area contributed by atoms with Gasteiger partial charge in [-0.3, -0.25) is 0 Å². The smallest absolute Gasteiger partial charge is 0.153 e. The average molecular weight is 324 g/mol. The van der Waals surface area contributed by atoms with Crippen LogP contribution in [0.2, 0.25) is 15.2 Å². The maximum atomic E-state index is 6.07. The highest BCUT2D eigenvalue weighted by atomic mass is 35.5. The quantitative estimate of drug-likeness (QED) is 0.649. The van der Waals surface area contributed by atoms with Crippen molar-refractivity contribution in [3.63, 3.8) is 0 Å². The Morgan fingerprint density at radius 2 is 1.45 bits per heavy atom. The number of hydrogen-bond acceptors (Lipinski definition) is 2. The van der Waals surface area contributed by atoms with E-state index in [1.54, 1.807) is 6.07 Å². The molecule has 3 rings (SSSR count). The Morgan fingerprint density at radius 3 is 2.15 bits per heavy atom. The van der Waals surface area contributed by atoms with Crippen molar-refractivity contribution in [1.29, 1.82) is 0 Å². The molecule has 0 atom stereocenters. The van der Waals surface area contributed by atoms with E-state index in [-0.39, 0.29) is 0 Å². The Balaban J connectivity index is 2.09. The molecule has 0 fully saturated rings. The summed E-state index contributed by atoms with van der Waals surface area (Å²) >= 11 is 18.1. The Kier molecular flexibility index (Phi) is 3.79. The van der Waals surface area contributed by atoms with Crippen LogP contribution < -0.4 is 0 Å². The summed E-state index contributed by atoms with van der Waals surface area (Å²) < 4.78 is 0. The van der Waals surface area contributed by atoms with Crippen molar-refractivity contribution in [2.75, 3.05) is 0 Å². The third kappa shape index (κ3) is 2.73. The fraction of sp³-hybridized carbons (Fsp3) is 0.0667. The first-order valence-electron chi connectivity index (χ1n) is 5.98. The maximum Gasteiger partial charge on any atom is 0.159 e. The van der Waals surface area contributed by atoms with E-state index in [1.807, 2.05) is 36.4 Å². The van der Waals surface area contributed by atoms with E-state index in [4.69, 9.17) is 34.8 Å². The van der Waals surface area contributed by atoms with Crippen molar-refractivity contribution < 1.29 is 0 Å². The van der Waals surface area contributed by atoms with Crippen molar-refractivity contribution in [3.05, 3.63) is 68.9 Å². The number of nitrogens with zero attached hydrogens (tertiary/aromatic N) is 2. The van der Waals surface area contributed by atoms with Gasteiger partial charge in [0.25, 0.3) is 0 Å². The van der Waals surface area contributed by atoms with Gasteiger partial charge in [0.15, 0.2) is 5.15 Å². The highest BCUT2D eigenvalue weighted by molar-refractivity contribution is 6.35. The van der Waals surface area contributed by atoms with Gasteiger partial charge in [-0.25, -0.2) is 0 Å². The summed E-state index contributed by atoms with van der Waals surface area (Å²) in [7, 11) is 0. The molecule has 0 bridgehead atoms. The molecule has 0 aliphatic heterocycles. The topological polar surface area (TPSA) is 25.8 Å². The number of aromatic nitrogens is 2. The molecule has 0 unspecified atom stereocenters. The lowest BCUT2D eigenvalue weighted by Gasteiger charge is -2.07. The molecule has 100 valence electrons. The van der Waals surface area contributed by atoms with Crippen LogP contribution in [0.15, 0.2) is 42.5 Å². The van der Waals surface area contributed by atoms with Crippen LogP contribution in [-0.4, -0.2) is 10.2 Å². The fourth-order valence-electron chi connectivity index (χ4n) is 2.16. The number of halogens is 3. The molecule has 20 heavy (non-hydrogen) atoms. The second-order valence-corrected chi connectivity index (χ2v) is 5.67. The van der Waals surface area contributed by atoms with Gasteiger partial charge in [-0.2, -0.15) is 5.10 Å². The lowest BCUT2D eigenvalue weighted by Crippen LogP contribution is -1.97. The van der Waals surface area contributed by atoms with Crippen molar-refractivity contribution in [3.8, 4) is 0 Å². The summed E-state index contributed by atoms with van der Waals surface area (Å²) in [6.45, 7) is 0. The molecular weight excluding hydrogens is 315 g/mol. The van der Waals surface area contributed by atoms with Crippen LogP contribution in [0, 0.1) is 0 Å². The van der Waals surface area contributed by atoms with Crippen LogP contribution in [0.3, 0.4) is 0 Å². The fourth-order valence-corrected chi connectivity index (χ4v) is 2.94. The van der Waals surface area contributed by atoms with Gasteiger partial charge in [-0.05, 0) is 23.8 Å². The van der Waals surface area contributed by atoms with Gasteiger partial charge in [0.2, 0.25) is 0 Å². The predicted molar refractivity (Wildman–Crippen MR) is 83.8 cm³/mol. The second kappa shape index (κ2) is 5.57. The largest absolute Gasteiger partial charge is 0.159 e.